The summed E-state index contributed by atoms with van der Waals surface area (Å²) in [4.78, 5) is 57.7. The first-order chi connectivity index (χ1) is 25.0. The molecule has 0 aromatic heterocycles. The van der Waals surface area contributed by atoms with Crippen molar-refractivity contribution in [1.82, 2.24) is 20.6 Å². The Morgan fingerprint density at radius 2 is 1.52 bits per heavy atom. The lowest BCUT2D eigenvalue weighted by Crippen LogP contribution is -2.34. The molecule has 4 aromatic carbocycles. The van der Waals surface area contributed by atoms with Crippen molar-refractivity contribution in [3.8, 4) is 23.0 Å². The molecule has 5 rings (SSSR count). The highest BCUT2D eigenvalue weighted by molar-refractivity contribution is 6.06. The number of likely N-dealkylation sites (N-methyl/N-ethyl adjacent to an activating group) is 1. The maximum absolute atomic E-state index is 13.4. The maximum atomic E-state index is 13.4. The molecule has 0 atom stereocenters. The lowest BCUT2D eigenvalue weighted by atomic mass is 10.1. The van der Waals surface area contributed by atoms with Gasteiger partial charge in [0.1, 0.15) is 40.4 Å². The molecule has 268 valence electrons. The molecule has 0 saturated heterocycles. The summed E-state index contributed by atoms with van der Waals surface area (Å²) in [7, 11) is 1.45. The van der Waals surface area contributed by atoms with Gasteiger partial charge in [-0.1, -0.05) is 30.3 Å². The SMILES string of the molecule is C/C(ON1CC(C(=O)NCc2ccccc2Oc2ccc(F)cc2)=C(O)C1=O)=C(\CN(C)C=O)C(=O)NCc1cccc(Oc2ccc(F)cc2)c1. The van der Waals surface area contributed by atoms with Gasteiger partial charge in [-0.2, -0.15) is 5.06 Å². The monoisotopic (exact) mass is 712 g/mol. The highest BCUT2D eigenvalue weighted by atomic mass is 19.1. The number of ether oxygens (including phenoxy) is 2. The number of halogens is 2. The van der Waals surface area contributed by atoms with E-state index in [9.17, 15) is 33.1 Å². The molecule has 1 aliphatic heterocycles. The zero-order chi connectivity index (χ0) is 37.2. The first-order valence-electron chi connectivity index (χ1n) is 15.9. The zero-order valence-electron chi connectivity index (χ0n) is 28.1. The number of hydroxylamine groups is 2. The summed E-state index contributed by atoms with van der Waals surface area (Å²) >= 11 is 0. The van der Waals surface area contributed by atoms with Crippen molar-refractivity contribution in [3.63, 3.8) is 0 Å². The number of carbonyl (C=O) groups is 4. The first kappa shape index (κ1) is 36.6. The second-order valence-electron chi connectivity index (χ2n) is 11.5. The molecule has 1 heterocycles. The number of allylic oxidation sites excluding steroid dienone is 1. The number of carbonyl (C=O) groups excluding carboxylic acids is 4. The fraction of sp³-hybridized carbons (Fsp3) is 0.158. The summed E-state index contributed by atoms with van der Waals surface area (Å²) in [6, 6.07) is 24.6. The number of hydrogen-bond acceptors (Lipinski definition) is 8. The third-order valence-corrected chi connectivity index (χ3v) is 7.68. The van der Waals surface area contributed by atoms with Crippen LogP contribution >= 0.6 is 0 Å². The van der Waals surface area contributed by atoms with Gasteiger partial charge >= 0.3 is 5.91 Å². The molecule has 3 N–H and O–H groups in total. The fourth-order valence-electron chi connectivity index (χ4n) is 4.95. The molecule has 0 radical (unpaired) electrons. The largest absolute Gasteiger partial charge is 0.503 e. The predicted molar refractivity (Wildman–Crippen MR) is 183 cm³/mol. The topological polar surface area (TPSA) is 147 Å². The Morgan fingerprint density at radius 1 is 0.865 bits per heavy atom. The van der Waals surface area contributed by atoms with Gasteiger partial charge in [-0.15, -0.1) is 0 Å². The molecular weight excluding hydrogens is 678 g/mol. The van der Waals surface area contributed by atoms with Crippen LogP contribution in [0.1, 0.15) is 18.1 Å². The lowest BCUT2D eigenvalue weighted by molar-refractivity contribution is -0.164. The number of aliphatic hydroxyl groups excluding tert-OH is 1. The molecule has 4 aromatic rings. The third kappa shape index (κ3) is 9.50. The van der Waals surface area contributed by atoms with Crippen molar-refractivity contribution in [2.24, 2.45) is 0 Å². The maximum Gasteiger partial charge on any atom is 0.322 e. The van der Waals surface area contributed by atoms with Crippen molar-refractivity contribution in [2.45, 2.75) is 20.0 Å². The Labute approximate surface area is 297 Å². The summed E-state index contributed by atoms with van der Waals surface area (Å²) < 4.78 is 38.2. The van der Waals surface area contributed by atoms with E-state index in [1.807, 2.05) is 0 Å². The van der Waals surface area contributed by atoms with E-state index < -0.39 is 41.7 Å². The number of rotatable bonds is 15. The Kier molecular flexibility index (Phi) is 11.8. The van der Waals surface area contributed by atoms with E-state index in [0.717, 1.165) is 5.06 Å². The number of para-hydroxylation sites is 1. The summed E-state index contributed by atoms with van der Waals surface area (Å²) in [5.74, 6) is -2.42. The van der Waals surface area contributed by atoms with Crippen LogP contribution in [0.3, 0.4) is 0 Å². The van der Waals surface area contributed by atoms with E-state index in [1.54, 1.807) is 48.5 Å². The number of nitrogens with zero attached hydrogens (tertiary/aromatic N) is 2. The number of nitrogens with one attached hydrogen (secondary N) is 2. The molecule has 1 aliphatic rings. The summed E-state index contributed by atoms with van der Waals surface area (Å²) in [6.45, 7) is 0.786. The van der Waals surface area contributed by atoms with Gasteiger partial charge in [0.25, 0.3) is 11.8 Å². The first-order valence-corrected chi connectivity index (χ1v) is 15.9. The van der Waals surface area contributed by atoms with Crippen LogP contribution in [-0.2, 0) is 37.1 Å². The smallest absolute Gasteiger partial charge is 0.322 e. The average molecular weight is 713 g/mol. The molecule has 52 heavy (non-hydrogen) atoms. The Morgan fingerprint density at radius 3 is 2.19 bits per heavy atom. The minimum Gasteiger partial charge on any atom is -0.503 e. The van der Waals surface area contributed by atoms with Crippen molar-refractivity contribution >= 4 is 24.1 Å². The predicted octanol–water partition coefficient (Wildman–Crippen LogP) is 5.43. The van der Waals surface area contributed by atoms with Crippen LogP contribution in [0.4, 0.5) is 8.78 Å². The van der Waals surface area contributed by atoms with Crippen molar-refractivity contribution in [2.75, 3.05) is 20.1 Å². The quantitative estimate of drug-likeness (QED) is 0.0841. The van der Waals surface area contributed by atoms with Crippen molar-refractivity contribution < 1.29 is 47.4 Å². The van der Waals surface area contributed by atoms with Crippen LogP contribution in [0.15, 0.2) is 120 Å². The standard InChI is InChI=1S/C38H34F2N4O8/c1-24(32(21-43(2)23-45)36(47)41-19-25-6-5-8-31(18-25)50-29-14-10-27(39)11-15-29)52-44-22-33(35(46)38(44)49)37(48)42-20-26-7-3-4-9-34(26)51-30-16-12-28(40)13-17-30/h3-18,23,46H,19-22H2,1-2H3,(H,41,47)(H,42,48)/b32-24-. The van der Waals surface area contributed by atoms with Gasteiger partial charge in [0, 0.05) is 25.7 Å². The van der Waals surface area contributed by atoms with E-state index in [-0.39, 0.29) is 36.5 Å². The average Bonchev–Trinajstić information content (AvgIpc) is 3.42. The van der Waals surface area contributed by atoms with E-state index in [0.29, 0.717) is 40.5 Å². The van der Waals surface area contributed by atoms with Gasteiger partial charge in [-0.25, -0.2) is 8.78 Å². The summed E-state index contributed by atoms with van der Waals surface area (Å²) in [5.41, 5.74) is 0.960. The van der Waals surface area contributed by atoms with Gasteiger partial charge in [0.2, 0.25) is 6.41 Å². The molecule has 0 aliphatic carbocycles. The molecule has 0 unspecified atom stereocenters. The molecule has 12 nitrogen and oxygen atoms in total. The van der Waals surface area contributed by atoms with Crippen LogP contribution < -0.4 is 20.1 Å². The normalized spacial score (nSPS) is 12.9. The second kappa shape index (κ2) is 16.8. The van der Waals surface area contributed by atoms with Crippen LogP contribution in [0.2, 0.25) is 0 Å². The second-order valence-corrected chi connectivity index (χ2v) is 11.5. The van der Waals surface area contributed by atoms with Crippen LogP contribution in [0, 0.1) is 11.6 Å². The van der Waals surface area contributed by atoms with Gasteiger partial charge < -0.3 is 35.0 Å². The highest BCUT2D eigenvalue weighted by Crippen LogP contribution is 2.27. The molecule has 0 fully saturated rings. The van der Waals surface area contributed by atoms with Gasteiger partial charge in [-0.3, -0.25) is 19.2 Å². The molecule has 4 amide bonds. The molecule has 0 saturated carbocycles. The van der Waals surface area contributed by atoms with Crippen molar-refractivity contribution in [3.05, 3.63) is 142 Å². The van der Waals surface area contributed by atoms with Crippen LogP contribution in [0.5, 0.6) is 23.0 Å². The number of aliphatic hydroxyl groups is 1. The number of amides is 4. The van der Waals surface area contributed by atoms with Crippen LogP contribution in [-0.4, -0.2) is 59.3 Å². The minimum absolute atomic E-state index is 0.00345. The van der Waals surface area contributed by atoms with E-state index >= 15 is 0 Å². The fourth-order valence-corrected chi connectivity index (χ4v) is 4.95. The van der Waals surface area contributed by atoms with Gasteiger partial charge in [0.15, 0.2) is 5.76 Å². The molecule has 0 bridgehead atoms. The molecular formula is C38H34F2N4O8. The lowest BCUT2D eigenvalue weighted by Gasteiger charge is -2.21. The Bertz CT molecular complexity index is 2020. The minimum atomic E-state index is -1.01. The molecule has 14 heteroatoms. The van der Waals surface area contributed by atoms with E-state index in [1.165, 1.54) is 67.4 Å². The third-order valence-electron chi connectivity index (χ3n) is 7.68. The van der Waals surface area contributed by atoms with E-state index in [4.69, 9.17) is 14.3 Å². The number of benzene rings is 4. The van der Waals surface area contributed by atoms with Crippen LogP contribution in [0.25, 0.3) is 0 Å². The van der Waals surface area contributed by atoms with Crippen molar-refractivity contribution in [1.29, 1.82) is 0 Å². The Hall–Kier alpha value is -6.70. The zero-order valence-corrected chi connectivity index (χ0v) is 28.1. The highest BCUT2D eigenvalue weighted by Gasteiger charge is 2.36. The summed E-state index contributed by atoms with van der Waals surface area (Å²) in [6.07, 6.45) is 0.510. The van der Waals surface area contributed by atoms with Gasteiger partial charge in [-0.05, 0) is 79.2 Å². The molecule has 0 spiro atoms. The van der Waals surface area contributed by atoms with E-state index in [2.05, 4.69) is 10.6 Å². The van der Waals surface area contributed by atoms with Gasteiger partial charge in [0.05, 0.1) is 24.2 Å². The summed E-state index contributed by atoms with van der Waals surface area (Å²) in [5, 5.41) is 16.7. The Balaban J connectivity index is 1.22. The number of hydrogen-bond donors (Lipinski definition) is 3.